The maximum absolute atomic E-state index is 15.0. The van der Waals surface area contributed by atoms with E-state index in [2.05, 4.69) is 10.4 Å². The number of aromatic nitrogens is 3. The molecule has 1 aliphatic heterocycles. The molecule has 0 atom stereocenters. The summed E-state index contributed by atoms with van der Waals surface area (Å²) >= 11 is 0. The topological polar surface area (TPSA) is 78.2 Å². The molecule has 4 rings (SSSR count). The molecule has 2 aromatic carbocycles. The summed E-state index contributed by atoms with van der Waals surface area (Å²) in [5.41, 5.74) is -3.01. The number of aryl methyl sites for hydroxylation is 1. The van der Waals surface area contributed by atoms with Crippen molar-refractivity contribution in [3.05, 3.63) is 69.7 Å². The summed E-state index contributed by atoms with van der Waals surface area (Å²) in [6, 6.07) is 4.56. The van der Waals surface area contributed by atoms with Crippen LogP contribution in [-0.4, -0.2) is 33.0 Å². The highest BCUT2D eigenvalue weighted by molar-refractivity contribution is 6.06. The maximum Gasteiger partial charge on any atom is 0.422 e. The maximum atomic E-state index is 15.0. The van der Waals surface area contributed by atoms with E-state index in [0.717, 1.165) is 24.6 Å². The lowest BCUT2D eigenvalue weighted by atomic mass is 10.1. The quantitative estimate of drug-likeness (QED) is 0.496. The minimum atomic E-state index is -4.81. The number of hydrogen-bond acceptors (Lipinski definition) is 4. The molecule has 192 valence electrons. The van der Waals surface area contributed by atoms with Crippen LogP contribution in [0.25, 0.3) is 5.69 Å². The van der Waals surface area contributed by atoms with Crippen molar-refractivity contribution in [1.29, 1.82) is 0 Å². The fourth-order valence-electron chi connectivity index (χ4n) is 3.66. The summed E-state index contributed by atoms with van der Waals surface area (Å²) in [5, 5.41) is 6.25. The van der Waals surface area contributed by atoms with Crippen LogP contribution in [0.1, 0.15) is 34.6 Å². The second-order valence-corrected chi connectivity index (χ2v) is 7.95. The van der Waals surface area contributed by atoms with Crippen LogP contribution in [0.15, 0.2) is 41.2 Å². The van der Waals surface area contributed by atoms with E-state index in [4.69, 9.17) is 4.74 Å². The number of anilines is 1. The Bertz CT molecular complexity index is 1340. The third kappa shape index (κ3) is 5.36. The molecule has 14 heteroatoms. The van der Waals surface area contributed by atoms with E-state index < -0.39 is 58.9 Å². The van der Waals surface area contributed by atoms with Crippen molar-refractivity contribution in [3.8, 4) is 11.4 Å². The Balaban J connectivity index is 1.70. The first kappa shape index (κ1) is 25.3. The summed E-state index contributed by atoms with van der Waals surface area (Å²) in [6.07, 6.45) is -7.52. The van der Waals surface area contributed by atoms with Crippen molar-refractivity contribution < 1.29 is 40.3 Å². The molecule has 7 nitrogen and oxygen atoms in total. The van der Waals surface area contributed by atoms with Gasteiger partial charge in [-0.3, -0.25) is 9.36 Å². The first-order chi connectivity index (χ1) is 16.8. The van der Waals surface area contributed by atoms with E-state index in [1.54, 1.807) is 0 Å². The van der Waals surface area contributed by atoms with Gasteiger partial charge < -0.3 is 10.1 Å². The third-order valence-electron chi connectivity index (χ3n) is 5.35. The van der Waals surface area contributed by atoms with E-state index in [1.807, 2.05) is 0 Å². The Labute approximate surface area is 198 Å². The van der Waals surface area contributed by atoms with E-state index in [-0.39, 0.29) is 5.69 Å². The van der Waals surface area contributed by atoms with Crippen LogP contribution >= 0.6 is 0 Å². The molecule has 0 spiro atoms. The second kappa shape index (κ2) is 9.32. The standard InChI is InChI=1S/C22H17F7N4O3/c23-15-9-14(19(34)30-13-6-4-12(5-7-13)22(27,28)29)17(36-11-21(24,25)26)10-16(15)33-20(35)32-8-2-1-3-18(32)31-33/h4-7,9-10H,1-3,8,11H2,(H,30,34). The molecule has 1 amide bonds. The molecule has 0 aliphatic carbocycles. The number of carbonyl (C=O) groups is 1. The average Bonchev–Trinajstić information content (AvgIpc) is 3.13. The Kier molecular flexibility index (Phi) is 6.54. The van der Waals surface area contributed by atoms with Gasteiger partial charge in [-0.1, -0.05) is 0 Å². The number of hydrogen-bond donors (Lipinski definition) is 1. The molecular formula is C22H17F7N4O3. The van der Waals surface area contributed by atoms with Crippen LogP contribution in [0.2, 0.25) is 0 Å². The molecule has 0 radical (unpaired) electrons. The Morgan fingerprint density at radius 2 is 1.75 bits per heavy atom. The molecule has 1 N–H and O–H groups in total. The zero-order valence-corrected chi connectivity index (χ0v) is 18.2. The van der Waals surface area contributed by atoms with Crippen LogP contribution in [0.4, 0.5) is 36.4 Å². The van der Waals surface area contributed by atoms with E-state index in [0.29, 0.717) is 48.1 Å². The van der Waals surface area contributed by atoms with Gasteiger partial charge in [-0.25, -0.2) is 9.18 Å². The highest BCUT2D eigenvalue weighted by atomic mass is 19.4. The first-order valence-electron chi connectivity index (χ1n) is 10.5. The molecule has 0 bridgehead atoms. The third-order valence-corrected chi connectivity index (χ3v) is 5.35. The normalized spacial score (nSPS) is 13.9. The molecule has 1 aromatic heterocycles. The monoisotopic (exact) mass is 518 g/mol. The van der Waals surface area contributed by atoms with Crippen LogP contribution < -0.4 is 15.7 Å². The fourth-order valence-corrected chi connectivity index (χ4v) is 3.66. The van der Waals surface area contributed by atoms with Crippen LogP contribution in [0.3, 0.4) is 0 Å². The fraction of sp³-hybridized carbons (Fsp3) is 0.318. The van der Waals surface area contributed by atoms with Crippen LogP contribution in [0.5, 0.6) is 5.75 Å². The number of nitrogens with zero attached hydrogens (tertiary/aromatic N) is 3. The largest absolute Gasteiger partial charge is 0.483 e. The number of alkyl halides is 6. The highest BCUT2D eigenvalue weighted by Gasteiger charge is 2.31. The SMILES string of the molecule is O=C(Nc1ccc(C(F)(F)F)cc1)c1cc(F)c(-n2nc3n(c2=O)CCCC3)cc1OCC(F)(F)F. The summed E-state index contributed by atoms with van der Waals surface area (Å²) in [7, 11) is 0. The van der Waals surface area contributed by atoms with Crippen LogP contribution in [-0.2, 0) is 19.1 Å². The molecule has 3 aromatic rings. The van der Waals surface area contributed by atoms with Crippen LogP contribution in [0, 0.1) is 5.82 Å². The summed E-state index contributed by atoms with van der Waals surface area (Å²) in [6.45, 7) is -1.48. The van der Waals surface area contributed by atoms with E-state index >= 15 is 4.39 Å². The van der Waals surface area contributed by atoms with E-state index in [1.165, 1.54) is 4.57 Å². The molecule has 1 aliphatic rings. The number of rotatable bonds is 5. The smallest absolute Gasteiger partial charge is 0.422 e. The number of halogens is 7. The number of benzene rings is 2. The summed E-state index contributed by atoms with van der Waals surface area (Å²) < 4.78 is 98.4. The number of ether oxygens (including phenoxy) is 1. The van der Waals surface area contributed by atoms with Gasteiger partial charge in [-0.2, -0.15) is 31.0 Å². The van der Waals surface area contributed by atoms with Crippen molar-refractivity contribution in [2.45, 2.75) is 38.2 Å². The lowest BCUT2D eigenvalue weighted by Gasteiger charge is -2.15. The van der Waals surface area contributed by atoms with Gasteiger partial charge in [0.05, 0.1) is 11.1 Å². The van der Waals surface area contributed by atoms with Gasteiger partial charge in [0.2, 0.25) is 0 Å². The molecule has 2 heterocycles. The first-order valence-corrected chi connectivity index (χ1v) is 10.5. The highest BCUT2D eigenvalue weighted by Crippen LogP contribution is 2.31. The van der Waals surface area contributed by atoms with Gasteiger partial charge in [-0.15, -0.1) is 5.10 Å². The average molecular weight is 518 g/mol. The van der Waals surface area contributed by atoms with Gasteiger partial charge in [0.15, 0.2) is 6.61 Å². The Morgan fingerprint density at radius 3 is 2.36 bits per heavy atom. The van der Waals surface area contributed by atoms with Crippen molar-refractivity contribution >= 4 is 11.6 Å². The number of nitrogens with one attached hydrogen (secondary N) is 1. The Morgan fingerprint density at radius 1 is 1.06 bits per heavy atom. The lowest BCUT2D eigenvalue weighted by Crippen LogP contribution is -2.27. The zero-order chi connectivity index (χ0) is 26.3. The van der Waals surface area contributed by atoms with Crippen molar-refractivity contribution in [1.82, 2.24) is 14.3 Å². The molecule has 0 fully saturated rings. The minimum Gasteiger partial charge on any atom is -0.483 e. The second-order valence-electron chi connectivity index (χ2n) is 7.95. The molecular weight excluding hydrogens is 501 g/mol. The van der Waals surface area contributed by atoms with Gasteiger partial charge in [0.1, 0.15) is 23.1 Å². The Hall–Kier alpha value is -3.84. The zero-order valence-electron chi connectivity index (χ0n) is 18.2. The van der Waals surface area contributed by atoms with Gasteiger partial charge in [0, 0.05) is 24.7 Å². The molecule has 0 saturated heterocycles. The summed E-state index contributed by atoms with van der Waals surface area (Å²) in [5.74, 6) is -2.61. The predicted molar refractivity (Wildman–Crippen MR) is 112 cm³/mol. The van der Waals surface area contributed by atoms with E-state index in [9.17, 15) is 35.9 Å². The summed E-state index contributed by atoms with van der Waals surface area (Å²) in [4.78, 5) is 25.4. The van der Waals surface area contributed by atoms with Gasteiger partial charge in [0.25, 0.3) is 5.91 Å². The number of carbonyl (C=O) groups excluding carboxylic acids is 1. The molecule has 0 saturated carbocycles. The lowest BCUT2D eigenvalue weighted by molar-refractivity contribution is -0.153. The van der Waals surface area contributed by atoms with Gasteiger partial charge >= 0.3 is 18.0 Å². The van der Waals surface area contributed by atoms with Crippen molar-refractivity contribution in [2.75, 3.05) is 11.9 Å². The van der Waals surface area contributed by atoms with Gasteiger partial charge in [-0.05, 0) is 43.2 Å². The minimum absolute atomic E-state index is 0.128. The predicted octanol–water partition coefficient (Wildman–Crippen LogP) is 4.72. The molecule has 0 unspecified atom stereocenters. The van der Waals surface area contributed by atoms with Crippen molar-refractivity contribution in [2.24, 2.45) is 0 Å². The number of amides is 1. The number of fused-ring (bicyclic) bond motifs is 1. The van der Waals surface area contributed by atoms with Crippen molar-refractivity contribution in [3.63, 3.8) is 0 Å². The molecule has 36 heavy (non-hydrogen) atoms.